The van der Waals surface area contributed by atoms with Crippen molar-refractivity contribution in [3.05, 3.63) is 35.4 Å². The zero-order valence-corrected chi connectivity index (χ0v) is 11.9. The van der Waals surface area contributed by atoms with E-state index in [9.17, 15) is 4.79 Å². The summed E-state index contributed by atoms with van der Waals surface area (Å²) in [6, 6.07) is 7.32. The molecule has 1 aromatic rings. The molecule has 2 heteroatoms. The van der Waals surface area contributed by atoms with Gasteiger partial charge in [-0.2, -0.15) is 17.7 Å². The molecule has 0 radical (unpaired) electrons. The molecule has 0 N–H and O–H groups in total. The van der Waals surface area contributed by atoms with E-state index in [0.717, 1.165) is 5.56 Å². The topological polar surface area (TPSA) is 17.1 Å². The summed E-state index contributed by atoms with van der Waals surface area (Å²) in [6.07, 6.45) is 1.82. The number of carbonyl (C=O) groups excluding carboxylic acids is 1. The van der Waals surface area contributed by atoms with Crippen molar-refractivity contribution in [2.24, 2.45) is 0 Å². The number of hydrogen-bond acceptors (Lipinski definition) is 1. The summed E-state index contributed by atoms with van der Waals surface area (Å²) in [5.41, 5.74) is 1.71. The first kappa shape index (κ1) is 14.5. The third-order valence-corrected chi connectivity index (χ3v) is 1.14. The Morgan fingerprint density at radius 3 is 2.17 bits per heavy atom. The van der Waals surface area contributed by atoms with E-state index in [-0.39, 0.29) is 31.1 Å². The fraction of sp³-hybridized carbons (Fsp3) is 0.300. The van der Waals surface area contributed by atoms with Crippen LogP contribution in [0.3, 0.4) is 0 Å². The van der Waals surface area contributed by atoms with Gasteiger partial charge in [0.2, 0.25) is 0 Å². The number of hydrogen-bond donors (Lipinski definition) is 0. The first-order valence-corrected chi connectivity index (χ1v) is 3.78. The first-order valence-electron chi connectivity index (χ1n) is 3.78. The van der Waals surface area contributed by atoms with Crippen molar-refractivity contribution in [1.29, 1.82) is 0 Å². The molecule has 12 heavy (non-hydrogen) atoms. The van der Waals surface area contributed by atoms with Gasteiger partial charge in [0.05, 0.1) is 6.29 Å². The number of aryl methyl sites for hydroxylation is 1. The summed E-state index contributed by atoms with van der Waals surface area (Å²) < 4.78 is 0. The van der Waals surface area contributed by atoms with E-state index in [1.54, 1.807) is 12.1 Å². The van der Waals surface area contributed by atoms with Gasteiger partial charge in [-0.05, 0) is 0 Å². The monoisotopic (exact) mass is 387 g/mol. The molecule has 0 fully saturated rings. The van der Waals surface area contributed by atoms with Gasteiger partial charge in [0.15, 0.2) is 0 Å². The Balaban J connectivity index is 0. The van der Waals surface area contributed by atoms with Crippen molar-refractivity contribution >= 4 is 6.29 Å². The molecule has 0 atom stereocenters. The molecule has 0 amide bonds. The van der Waals surface area contributed by atoms with Crippen LogP contribution in [-0.4, -0.2) is 6.29 Å². The SMILES string of the molecule is CC.Cc1cccc([C-]=O)c1.[U]. The van der Waals surface area contributed by atoms with E-state index < -0.39 is 0 Å². The Bertz CT molecular complexity index is 221. The van der Waals surface area contributed by atoms with Gasteiger partial charge in [0, 0.05) is 31.1 Å². The van der Waals surface area contributed by atoms with Gasteiger partial charge in [0.1, 0.15) is 0 Å². The van der Waals surface area contributed by atoms with Crippen molar-refractivity contribution in [2.45, 2.75) is 20.8 Å². The normalized spacial score (nSPS) is 7.25. The Morgan fingerprint density at radius 2 is 1.83 bits per heavy atom. The molecular weight excluding hydrogens is 374 g/mol. The van der Waals surface area contributed by atoms with Crippen LogP contribution < -0.4 is 0 Å². The van der Waals surface area contributed by atoms with E-state index in [0.29, 0.717) is 5.56 Å². The van der Waals surface area contributed by atoms with Gasteiger partial charge in [-0.1, -0.05) is 26.8 Å². The second-order valence-electron chi connectivity index (χ2n) is 1.97. The van der Waals surface area contributed by atoms with E-state index >= 15 is 0 Å². The summed E-state index contributed by atoms with van der Waals surface area (Å²) >= 11 is 0. The van der Waals surface area contributed by atoms with Gasteiger partial charge in [-0.25, -0.2) is 0 Å². The molecule has 1 rings (SSSR count). The zero-order valence-electron chi connectivity index (χ0n) is 7.72. The van der Waals surface area contributed by atoms with Crippen molar-refractivity contribution in [3.8, 4) is 0 Å². The number of benzene rings is 1. The molecule has 0 spiro atoms. The molecule has 0 bridgehead atoms. The second-order valence-corrected chi connectivity index (χ2v) is 1.97. The molecule has 64 valence electrons. The predicted octanol–water partition coefficient (Wildman–Crippen LogP) is 2.48. The maximum absolute atomic E-state index is 10.0. The van der Waals surface area contributed by atoms with Crippen LogP contribution in [-0.2, 0) is 4.79 Å². The first-order chi connectivity index (χ1) is 5.33. The molecule has 0 saturated carbocycles. The minimum Gasteiger partial charge on any atom is -0.376 e. The molecule has 1 nitrogen and oxygen atoms in total. The Hall–Kier alpha value is -0.0581. The summed E-state index contributed by atoms with van der Waals surface area (Å²) in [5, 5.41) is 0. The maximum atomic E-state index is 10.0. The molecule has 0 saturated heterocycles. The number of rotatable bonds is 1. The summed E-state index contributed by atoms with van der Waals surface area (Å²) in [6.45, 7) is 5.95. The predicted molar refractivity (Wildman–Crippen MR) is 47.3 cm³/mol. The Kier molecular flexibility index (Phi) is 10.9. The largest absolute Gasteiger partial charge is 0.376 e. The molecular formula is C10H13OU-. The molecule has 0 aliphatic heterocycles. The quantitative estimate of drug-likeness (QED) is 0.677. The van der Waals surface area contributed by atoms with Crippen molar-refractivity contribution < 1.29 is 35.9 Å². The minimum absolute atomic E-state index is 0. The van der Waals surface area contributed by atoms with Gasteiger partial charge in [-0.3, -0.25) is 0 Å². The van der Waals surface area contributed by atoms with Crippen molar-refractivity contribution in [1.82, 2.24) is 0 Å². The van der Waals surface area contributed by atoms with Gasteiger partial charge in [-0.15, -0.1) is 11.6 Å². The molecule has 0 aliphatic rings. The van der Waals surface area contributed by atoms with Crippen LogP contribution in [0.2, 0.25) is 0 Å². The molecule has 0 unspecified atom stereocenters. The van der Waals surface area contributed by atoms with Crippen molar-refractivity contribution in [3.63, 3.8) is 0 Å². The molecule has 1 aromatic carbocycles. The zero-order chi connectivity index (χ0) is 8.69. The van der Waals surface area contributed by atoms with Gasteiger partial charge >= 0.3 is 0 Å². The van der Waals surface area contributed by atoms with Crippen molar-refractivity contribution in [2.75, 3.05) is 0 Å². The standard InChI is InChI=1S/C8H7O.C2H6.U/c1-7-3-2-4-8(5-7)6-9;1-2;/h2-5H,1H3;1-2H3;/q-1;;. The minimum atomic E-state index is 0. The van der Waals surface area contributed by atoms with E-state index in [2.05, 4.69) is 0 Å². The molecule has 0 aromatic heterocycles. The fourth-order valence-electron chi connectivity index (χ4n) is 0.709. The van der Waals surface area contributed by atoms with Gasteiger partial charge in [0.25, 0.3) is 0 Å². The molecule has 0 heterocycles. The smallest absolute Gasteiger partial charge is 0.0627 e. The van der Waals surface area contributed by atoms with E-state index in [1.165, 1.54) is 0 Å². The fourth-order valence-corrected chi connectivity index (χ4v) is 0.709. The van der Waals surface area contributed by atoms with Gasteiger partial charge < -0.3 is 4.79 Å². The Labute approximate surface area is 97.9 Å². The Morgan fingerprint density at radius 1 is 1.25 bits per heavy atom. The maximum Gasteiger partial charge on any atom is 0.0627 e. The second kappa shape index (κ2) is 9.03. The third kappa shape index (κ3) is 5.57. The van der Waals surface area contributed by atoms with Crippen LogP contribution in [0.15, 0.2) is 24.3 Å². The van der Waals surface area contributed by atoms with Crippen LogP contribution in [0.5, 0.6) is 0 Å². The summed E-state index contributed by atoms with van der Waals surface area (Å²) in [7, 11) is 0. The van der Waals surface area contributed by atoms with E-state index in [1.807, 2.05) is 39.2 Å². The van der Waals surface area contributed by atoms with Crippen LogP contribution >= 0.6 is 0 Å². The van der Waals surface area contributed by atoms with Crippen LogP contribution in [0.4, 0.5) is 0 Å². The molecule has 0 aliphatic carbocycles. The summed E-state index contributed by atoms with van der Waals surface area (Å²) in [5.74, 6) is 0. The van der Waals surface area contributed by atoms with Crippen LogP contribution in [0.1, 0.15) is 25.0 Å². The summed E-state index contributed by atoms with van der Waals surface area (Å²) in [4.78, 5) is 10.0. The van der Waals surface area contributed by atoms with Crippen LogP contribution in [0, 0.1) is 38.0 Å². The average molecular weight is 387 g/mol. The third-order valence-electron chi connectivity index (χ3n) is 1.14. The van der Waals surface area contributed by atoms with Crippen LogP contribution in [0.25, 0.3) is 0 Å². The van der Waals surface area contributed by atoms with E-state index in [4.69, 9.17) is 0 Å². The average Bonchev–Trinajstić information content (AvgIpc) is 2.08.